The first kappa shape index (κ1) is 18.9. The van der Waals surface area contributed by atoms with Crippen LogP contribution in [0.1, 0.15) is 25.8 Å². The van der Waals surface area contributed by atoms with E-state index in [1.807, 2.05) is 37.3 Å². The Morgan fingerprint density at radius 1 is 1.25 bits per heavy atom. The zero-order valence-electron chi connectivity index (χ0n) is 13.5. The molecule has 0 aliphatic heterocycles. The van der Waals surface area contributed by atoms with Crippen LogP contribution in [0.15, 0.2) is 51.8 Å². The average Bonchev–Trinajstić information content (AvgIpc) is 2.56. The van der Waals surface area contributed by atoms with E-state index in [-0.39, 0.29) is 22.7 Å². The van der Waals surface area contributed by atoms with Crippen LogP contribution in [0, 0.1) is 5.82 Å². The van der Waals surface area contributed by atoms with E-state index in [9.17, 15) is 12.8 Å². The molecule has 2 aromatic carbocycles. The summed E-state index contributed by atoms with van der Waals surface area (Å²) in [4.78, 5) is -0.411. The molecule has 0 aliphatic carbocycles. The van der Waals surface area contributed by atoms with Gasteiger partial charge in [-0.25, -0.2) is 12.8 Å². The molecular formula is C17H20BrFN2O2S. The molecule has 1 unspecified atom stereocenters. The molecule has 0 fully saturated rings. The zero-order chi connectivity index (χ0) is 17.9. The number of nitrogens with zero attached hydrogens (tertiary/aromatic N) is 1. The van der Waals surface area contributed by atoms with Crippen molar-refractivity contribution in [1.82, 2.24) is 4.31 Å². The van der Waals surface area contributed by atoms with Gasteiger partial charge < -0.3 is 5.73 Å². The standard InChI is InChI=1S/C17H20BrFN2O2S/c1-3-12(2)21(11-13-7-5-4-6-8-13)24(22,23)16-10-14(20)9-15(18)17(16)19/h4-10,12H,3,11,20H2,1-2H3. The maximum Gasteiger partial charge on any atom is 0.246 e. The molecule has 0 saturated heterocycles. The number of sulfonamides is 1. The number of nitrogen functional groups attached to an aromatic ring is 1. The van der Waals surface area contributed by atoms with E-state index in [1.54, 1.807) is 6.92 Å². The van der Waals surface area contributed by atoms with E-state index in [1.165, 1.54) is 10.4 Å². The molecule has 0 radical (unpaired) electrons. The van der Waals surface area contributed by atoms with E-state index < -0.39 is 20.7 Å². The lowest BCUT2D eigenvalue weighted by atomic mass is 10.2. The van der Waals surface area contributed by atoms with Crippen LogP contribution in [-0.4, -0.2) is 18.8 Å². The van der Waals surface area contributed by atoms with Gasteiger partial charge in [0.05, 0.1) is 4.47 Å². The quantitative estimate of drug-likeness (QED) is 0.721. The smallest absolute Gasteiger partial charge is 0.246 e. The molecule has 2 rings (SSSR count). The van der Waals surface area contributed by atoms with Crippen LogP contribution in [0.5, 0.6) is 0 Å². The van der Waals surface area contributed by atoms with Crippen LogP contribution in [-0.2, 0) is 16.6 Å². The Hall–Kier alpha value is -1.44. The summed E-state index contributed by atoms with van der Waals surface area (Å²) in [5, 5.41) is 0. The van der Waals surface area contributed by atoms with E-state index in [0.29, 0.717) is 6.42 Å². The molecule has 0 saturated carbocycles. The molecule has 0 aliphatic rings. The van der Waals surface area contributed by atoms with E-state index >= 15 is 0 Å². The molecule has 0 heterocycles. The van der Waals surface area contributed by atoms with Crippen molar-refractivity contribution in [3.05, 3.63) is 58.3 Å². The van der Waals surface area contributed by atoms with Gasteiger partial charge in [0.1, 0.15) is 4.90 Å². The van der Waals surface area contributed by atoms with E-state index in [2.05, 4.69) is 15.9 Å². The Morgan fingerprint density at radius 3 is 2.46 bits per heavy atom. The predicted octanol–water partition coefficient (Wildman–Crippen LogP) is 4.16. The summed E-state index contributed by atoms with van der Waals surface area (Å²) < 4.78 is 41.9. The fraction of sp³-hybridized carbons (Fsp3) is 0.294. The van der Waals surface area contributed by atoms with E-state index in [0.717, 1.165) is 11.6 Å². The van der Waals surface area contributed by atoms with Crippen LogP contribution in [0.3, 0.4) is 0 Å². The van der Waals surface area contributed by atoms with Crippen LogP contribution in [0.25, 0.3) is 0 Å². The van der Waals surface area contributed by atoms with Crippen molar-refractivity contribution in [3.8, 4) is 0 Å². The predicted molar refractivity (Wildman–Crippen MR) is 97.4 cm³/mol. The molecule has 7 heteroatoms. The number of rotatable bonds is 6. The van der Waals surface area contributed by atoms with E-state index in [4.69, 9.17) is 5.73 Å². The van der Waals surface area contributed by atoms with Gasteiger partial charge in [0.2, 0.25) is 10.0 Å². The second kappa shape index (κ2) is 7.63. The highest BCUT2D eigenvalue weighted by Gasteiger charge is 2.32. The van der Waals surface area contributed by atoms with Crippen LogP contribution >= 0.6 is 15.9 Å². The average molecular weight is 415 g/mol. The van der Waals surface area contributed by atoms with Crippen molar-refractivity contribution in [3.63, 3.8) is 0 Å². The molecule has 0 bridgehead atoms. The zero-order valence-corrected chi connectivity index (χ0v) is 15.9. The molecular weight excluding hydrogens is 395 g/mol. The van der Waals surface area contributed by atoms with Crippen molar-refractivity contribution in [2.24, 2.45) is 0 Å². The first-order valence-corrected chi connectivity index (χ1v) is 9.81. The second-order valence-corrected chi connectivity index (χ2v) is 8.32. The summed E-state index contributed by atoms with van der Waals surface area (Å²) in [6.07, 6.45) is 0.608. The highest BCUT2D eigenvalue weighted by Crippen LogP contribution is 2.30. The van der Waals surface area contributed by atoms with Crippen molar-refractivity contribution < 1.29 is 12.8 Å². The third kappa shape index (κ3) is 3.96. The fourth-order valence-electron chi connectivity index (χ4n) is 2.34. The Balaban J connectivity index is 2.52. The number of nitrogens with two attached hydrogens (primary N) is 1. The highest BCUT2D eigenvalue weighted by atomic mass is 79.9. The minimum absolute atomic E-state index is 0.0323. The van der Waals surface area contributed by atoms with Crippen molar-refractivity contribution >= 4 is 31.6 Å². The van der Waals surface area contributed by atoms with Gasteiger partial charge >= 0.3 is 0 Å². The van der Waals surface area contributed by atoms with Gasteiger partial charge in [-0.3, -0.25) is 0 Å². The fourth-order valence-corrected chi connectivity index (χ4v) is 4.77. The lowest BCUT2D eigenvalue weighted by molar-refractivity contribution is 0.321. The van der Waals surface area contributed by atoms with Crippen LogP contribution in [0.2, 0.25) is 0 Å². The van der Waals surface area contributed by atoms with Crippen molar-refractivity contribution in [2.75, 3.05) is 5.73 Å². The minimum Gasteiger partial charge on any atom is -0.399 e. The molecule has 1 atom stereocenters. The number of halogens is 2. The Kier molecular flexibility index (Phi) is 6.01. The third-order valence-electron chi connectivity index (χ3n) is 3.87. The summed E-state index contributed by atoms with van der Waals surface area (Å²) in [6.45, 7) is 3.87. The maximum atomic E-state index is 14.4. The van der Waals surface area contributed by atoms with Gasteiger partial charge in [0.15, 0.2) is 5.82 Å². The largest absolute Gasteiger partial charge is 0.399 e. The van der Waals surface area contributed by atoms with Gasteiger partial charge in [-0.2, -0.15) is 4.31 Å². The second-order valence-electron chi connectivity index (χ2n) is 5.61. The highest BCUT2D eigenvalue weighted by molar-refractivity contribution is 9.10. The summed E-state index contributed by atoms with van der Waals surface area (Å²) in [6, 6.07) is 11.5. The first-order valence-electron chi connectivity index (χ1n) is 7.57. The molecule has 2 aromatic rings. The Bertz CT molecular complexity index is 813. The SMILES string of the molecule is CCC(C)N(Cc1ccccc1)S(=O)(=O)c1cc(N)cc(Br)c1F. The molecule has 0 amide bonds. The lowest BCUT2D eigenvalue weighted by Gasteiger charge is -2.28. The maximum absolute atomic E-state index is 14.4. The van der Waals surface area contributed by atoms with Gasteiger partial charge in [-0.1, -0.05) is 37.3 Å². The molecule has 24 heavy (non-hydrogen) atoms. The number of benzene rings is 2. The molecule has 130 valence electrons. The lowest BCUT2D eigenvalue weighted by Crippen LogP contribution is -2.38. The summed E-state index contributed by atoms with van der Waals surface area (Å²) >= 11 is 3.02. The number of anilines is 1. The van der Waals surface area contributed by atoms with Gasteiger partial charge in [-0.15, -0.1) is 0 Å². The van der Waals surface area contributed by atoms with Crippen molar-refractivity contribution in [2.45, 2.75) is 37.8 Å². The van der Waals surface area contributed by atoms with Gasteiger partial charge in [0.25, 0.3) is 0 Å². The summed E-state index contributed by atoms with van der Waals surface area (Å²) in [7, 11) is -4.04. The normalized spacial score (nSPS) is 13.2. The minimum atomic E-state index is -4.04. The monoisotopic (exact) mass is 414 g/mol. The van der Waals surface area contributed by atoms with Gasteiger partial charge in [-0.05, 0) is 47.0 Å². The Labute approximate surface area is 150 Å². The Morgan fingerprint density at radius 2 is 1.88 bits per heavy atom. The first-order chi connectivity index (χ1) is 11.3. The van der Waals surface area contributed by atoms with Crippen LogP contribution in [0.4, 0.5) is 10.1 Å². The topological polar surface area (TPSA) is 63.4 Å². The molecule has 4 nitrogen and oxygen atoms in total. The summed E-state index contributed by atoms with van der Waals surface area (Å²) in [5.74, 6) is -0.828. The molecule has 0 aromatic heterocycles. The molecule has 2 N–H and O–H groups in total. The number of hydrogen-bond donors (Lipinski definition) is 1. The van der Waals surface area contributed by atoms with Crippen LogP contribution < -0.4 is 5.73 Å². The van der Waals surface area contributed by atoms with Crippen molar-refractivity contribution in [1.29, 1.82) is 0 Å². The third-order valence-corrected chi connectivity index (χ3v) is 6.40. The number of hydrogen-bond acceptors (Lipinski definition) is 3. The molecule has 0 spiro atoms. The van der Waals surface area contributed by atoms with Gasteiger partial charge in [0, 0.05) is 18.3 Å². The summed E-state index contributed by atoms with van der Waals surface area (Å²) in [5.41, 5.74) is 6.73.